The molecule has 1 fully saturated rings. The zero-order valence-electron chi connectivity index (χ0n) is 14.6. The quantitative estimate of drug-likeness (QED) is 0.769. The molecule has 1 saturated carbocycles. The van der Waals surface area contributed by atoms with E-state index in [4.69, 9.17) is 4.74 Å². The van der Waals surface area contributed by atoms with Crippen molar-refractivity contribution in [3.63, 3.8) is 0 Å². The van der Waals surface area contributed by atoms with Crippen LogP contribution in [0, 0.1) is 0 Å². The van der Waals surface area contributed by atoms with Crippen molar-refractivity contribution in [1.29, 1.82) is 0 Å². The molecular weight excluding hydrogens is 304 g/mol. The van der Waals surface area contributed by atoms with E-state index in [1.807, 2.05) is 38.1 Å². The molecule has 0 heterocycles. The summed E-state index contributed by atoms with van der Waals surface area (Å²) >= 11 is 0. The lowest BCUT2D eigenvalue weighted by Crippen LogP contribution is -2.41. The van der Waals surface area contributed by atoms with Crippen molar-refractivity contribution >= 4 is 17.5 Å². The number of amides is 2. The number of aryl methyl sites for hydroxylation is 1. The van der Waals surface area contributed by atoms with Crippen LogP contribution in [0.25, 0.3) is 0 Å². The molecule has 1 aromatic carbocycles. The van der Waals surface area contributed by atoms with Gasteiger partial charge in [-0.05, 0) is 37.3 Å². The van der Waals surface area contributed by atoms with Crippen LogP contribution in [-0.2, 0) is 20.7 Å². The predicted octanol–water partition coefficient (Wildman–Crippen LogP) is 3.04. The maximum absolute atomic E-state index is 12.2. The number of nitrogens with one attached hydrogen (secondary N) is 2. The normalized spacial score (nSPS) is 15.9. The average molecular weight is 332 g/mol. The number of anilines is 1. The maximum atomic E-state index is 12.2. The van der Waals surface area contributed by atoms with Crippen molar-refractivity contribution in [1.82, 2.24) is 5.32 Å². The van der Waals surface area contributed by atoms with Gasteiger partial charge in [0.2, 0.25) is 11.8 Å². The van der Waals surface area contributed by atoms with Gasteiger partial charge >= 0.3 is 0 Å². The first kappa shape index (κ1) is 18.5. The van der Waals surface area contributed by atoms with Crippen LogP contribution in [0.5, 0.6) is 0 Å². The highest BCUT2D eigenvalue weighted by molar-refractivity contribution is 5.95. The molecule has 2 amide bonds. The first-order valence-corrected chi connectivity index (χ1v) is 8.95. The van der Waals surface area contributed by atoms with Gasteiger partial charge in [-0.1, -0.05) is 44.9 Å². The second kappa shape index (κ2) is 9.42. The van der Waals surface area contributed by atoms with Gasteiger partial charge in [0, 0.05) is 5.69 Å². The fraction of sp³-hybridized carbons (Fsp3) is 0.579. The standard InChI is InChI=1S/C19H28N2O3/c1-3-14-9-5-8-12-16(14)21-18(22)13-20-19(23)17(4-2)24-15-10-6-7-11-15/h5,8-9,12,15,17H,3-4,6-7,10-11,13H2,1-2H3,(H,20,23)(H,21,22). The van der Waals surface area contributed by atoms with Gasteiger partial charge < -0.3 is 15.4 Å². The van der Waals surface area contributed by atoms with Gasteiger partial charge in [-0.2, -0.15) is 0 Å². The summed E-state index contributed by atoms with van der Waals surface area (Å²) in [7, 11) is 0. The number of ether oxygens (including phenoxy) is 1. The van der Waals surface area contributed by atoms with E-state index in [9.17, 15) is 9.59 Å². The lowest BCUT2D eigenvalue weighted by molar-refractivity contribution is -0.137. The third kappa shape index (κ3) is 5.34. The van der Waals surface area contributed by atoms with Crippen LogP contribution in [0.1, 0.15) is 51.5 Å². The van der Waals surface area contributed by atoms with E-state index < -0.39 is 6.10 Å². The van der Waals surface area contributed by atoms with Gasteiger partial charge in [0.15, 0.2) is 0 Å². The van der Waals surface area contributed by atoms with Crippen LogP contribution in [0.3, 0.4) is 0 Å². The topological polar surface area (TPSA) is 67.4 Å². The zero-order chi connectivity index (χ0) is 17.4. The molecule has 0 aromatic heterocycles. The number of hydrogen-bond acceptors (Lipinski definition) is 3. The first-order chi connectivity index (χ1) is 11.6. The molecule has 24 heavy (non-hydrogen) atoms. The van der Waals surface area contributed by atoms with Crippen molar-refractivity contribution < 1.29 is 14.3 Å². The van der Waals surface area contributed by atoms with Gasteiger partial charge in [-0.25, -0.2) is 0 Å². The van der Waals surface area contributed by atoms with E-state index in [0.29, 0.717) is 6.42 Å². The van der Waals surface area contributed by atoms with Gasteiger partial charge in [0.05, 0.1) is 12.6 Å². The Balaban J connectivity index is 1.80. The van der Waals surface area contributed by atoms with Crippen LogP contribution in [0.15, 0.2) is 24.3 Å². The SMILES string of the molecule is CCc1ccccc1NC(=O)CNC(=O)C(CC)OC1CCCC1. The van der Waals surface area contributed by atoms with Crippen molar-refractivity contribution in [2.75, 3.05) is 11.9 Å². The summed E-state index contributed by atoms with van der Waals surface area (Å²) in [6.45, 7) is 3.93. The molecule has 5 heteroatoms. The number of rotatable bonds is 8. The first-order valence-electron chi connectivity index (χ1n) is 8.95. The van der Waals surface area contributed by atoms with E-state index >= 15 is 0 Å². The summed E-state index contributed by atoms with van der Waals surface area (Å²) in [6, 6.07) is 7.69. The van der Waals surface area contributed by atoms with Crippen LogP contribution < -0.4 is 10.6 Å². The molecule has 1 aromatic rings. The Labute approximate surface area is 144 Å². The Morgan fingerprint density at radius 1 is 1.21 bits per heavy atom. The molecule has 2 rings (SSSR count). The minimum absolute atomic E-state index is 0.0403. The second-order valence-corrected chi connectivity index (χ2v) is 6.22. The molecule has 132 valence electrons. The highest BCUT2D eigenvalue weighted by Gasteiger charge is 2.24. The number of hydrogen-bond donors (Lipinski definition) is 2. The van der Waals surface area contributed by atoms with E-state index in [1.165, 1.54) is 12.8 Å². The van der Waals surface area contributed by atoms with E-state index in [1.54, 1.807) is 0 Å². The molecule has 1 aliphatic carbocycles. The number of benzene rings is 1. The third-order valence-corrected chi connectivity index (χ3v) is 4.42. The molecule has 0 radical (unpaired) electrons. The fourth-order valence-corrected chi connectivity index (χ4v) is 3.03. The molecule has 0 bridgehead atoms. The average Bonchev–Trinajstić information content (AvgIpc) is 3.11. The molecule has 0 spiro atoms. The molecule has 0 aliphatic heterocycles. The summed E-state index contributed by atoms with van der Waals surface area (Å²) in [5.41, 5.74) is 1.88. The molecule has 1 aliphatic rings. The van der Waals surface area contributed by atoms with Crippen LogP contribution in [0.2, 0.25) is 0 Å². The highest BCUT2D eigenvalue weighted by atomic mass is 16.5. The van der Waals surface area contributed by atoms with Gasteiger partial charge in [0.25, 0.3) is 0 Å². The van der Waals surface area contributed by atoms with Gasteiger partial charge in [0.1, 0.15) is 6.10 Å². The van der Waals surface area contributed by atoms with Crippen LogP contribution in [-0.4, -0.2) is 30.6 Å². The molecule has 1 unspecified atom stereocenters. The van der Waals surface area contributed by atoms with Crippen LogP contribution in [0.4, 0.5) is 5.69 Å². The lowest BCUT2D eigenvalue weighted by Gasteiger charge is -2.20. The van der Waals surface area contributed by atoms with Crippen molar-refractivity contribution in [2.24, 2.45) is 0 Å². The molecule has 0 saturated heterocycles. The van der Waals surface area contributed by atoms with E-state index in [2.05, 4.69) is 10.6 Å². The Bertz CT molecular complexity index is 553. The van der Waals surface area contributed by atoms with E-state index in [-0.39, 0.29) is 24.5 Å². The second-order valence-electron chi connectivity index (χ2n) is 6.22. The Morgan fingerprint density at radius 2 is 1.92 bits per heavy atom. The number of carbonyl (C=O) groups is 2. The summed E-state index contributed by atoms with van der Waals surface area (Å²) < 4.78 is 5.87. The Hall–Kier alpha value is -1.88. The molecular formula is C19H28N2O3. The highest BCUT2D eigenvalue weighted by Crippen LogP contribution is 2.23. The summed E-state index contributed by atoms with van der Waals surface area (Å²) in [5.74, 6) is -0.428. The van der Waals surface area contributed by atoms with Crippen molar-refractivity contribution in [3.05, 3.63) is 29.8 Å². The van der Waals surface area contributed by atoms with Gasteiger partial charge in [-0.15, -0.1) is 0 Å². The van der Waals surface area contributed by atoms with Crippen molar-refractivity contribution in [3.8, 4) is 0 Å². The largest absolute Gasteiger partial charge is 0.365 e. The summed E-state index contributed by atoms with van der Waals surface area (Å²) in [4.78, 5) is 24.3. The number of para-hydroxylation sites is 1. The summed E-state index contributed by atoms with van der Waals surface area (Å²) in [6.07, 6.45) is 5.56. The predicted molar refractivity (Wildman–Crippen MR) is 94.9 cm³/mol. The van der Waals surface area contributed by atoms with Crippen molar-refractivity contribution in [2.45, 2.75) is 64.6 Å². The van der Waals surface area contributed by atoms with Gasteiger partial charge in [-0.3, -0.25) is 9.59 Å². The molecule has 2 N–H and O–H groups in total. The minimum Gasteiger partial charge on any atom is -0.365 e. The Morgan fingerprint density at radius 3 is 2.58 bits per heavy atom. The van der Waals surface area contributed by atoms with Crippen LogP contribution >= 0.6 is 0 Å². The molecule has 1 atom stereocenters. The summed E-state index contributed by atoms with van der Waals surface area (Å²) in [5, 5.41) is 5.54. The maximum Gasteiger partial charge on any atom is 0.249 e. The lowest BCUT2D eigenvalue weighted by atomic mass is 10.1. The third-order valence-electron chi connectivity index (χ3n) is 4.42. The monoisotopic (exact) mass is 332 g/mol. The Kier molecular flexibility index (Phi) is 7.25. The number of carbonyl (C=O) groups excluding carboxylic acids is 2. The zero-order valence-corrected chi connectivity index (χ0v) is 14.6. The smallest absolute Gasteiger partial charge is 0.249 e. The molecule has 5 nitrogen and oxygen atoms in total. The van der Waals surface area contributed by atoms with E-state index in [0.717, 1.165) is 30.5 Å². The fourth-order valence-electron chi connectivity index (χ4n) is 3.03. The minimum atomic E-state index is -0.469.